The first-order valence-corrected chi connectivity index (χ1v) is 8.97. The van der Waals surface area contributed by atoms with Crippen molar-refractivity contribution < 1.29 is 18.1 Å². The highest BCUT2D eigenvalue weighted by Crippen LogP contribution is 2.33. The van der Waals surface area contributed by atoms with Crippen LogP contribution in [0.25, 0.3) is 10.9 Å². The number of amides is 1. The first kappa shape index (κ1) is 18.3. The minimum Gasteiger partial charge on any atom is -0.361 e. The van der Waals surface area contributed by atoms with Crippen molar-refractivity contribution in [3.8, 4) is 0 Å². The van der Waals surface area contributed by atoms with Crippen molar-refractivity contribution in [3.63, 3.8) is 0 Å². The Morgan fingerprint density at radius 1 is 1.36 bits per heavy atom. The maximum absolute atomic E-state index is 13.2. The molecule has 0 spiro atoms. The number of rotatable bonds is 4. The molecule has 1 saturated heterocycles. The van der Waals surface area contributed by atoms with Gasteiger partial charge in [0.15, 0.2) is 0 Å². The summed E-state index contributed by atoms with van der Waals surface area (Å²) in [6.07, 6.45) is -0.166. The van der Waals surface area contributed by atoms with Crippen molar-refractivity contribution in [2.45, 2.75) is 38.8 Å². The molecule has 7 nitrogen and oxygen atoms in total. The molecule has 1 aliphatic heterocycles. The van der Waals surface area contributed by atoms with Gasteiger partial charge in [-0.3, -0.25) is 14.2 Å². The summed E-state index contributed by atoms with van der Waals surface area (Å²) in [4.78, 5) is 31.9. The van der Waals surface area contributed by atoms with Gasteiger partial charge in [-0.25, -0.2) is 13.8 Å². The molecule has 0 radical (unpaired) electrons. The molecule has 0 bridgehead atoms. The van der Waals surface area contributed by atoms with Crippen LogP contribution in [0.5, 0.6) is 0 Å². The number of halogens is 2. The smallest absolute Gasteiger partial charge is 0.261 e. The van der Waals surface area contributed by atoms with E-state index < -0.39 is 24.6 Å². The second-order valence-corrected chi connectivity index (χ2v) is 6.75. The van der Waals surface area contributed by atoms with Crippen molar-refractivity contribution in [1.29, 1.82) is 0 Å². The highest BCUT2D eigenvalue weighted by atomic mass is 19.3. The Labute approximate surface area is 158 Å². The predicted octanol–water partition coefficient (Wildman–Crippen LogP) is 2.94. The van der Waals surface area contributed by atoms with Crippen LogP contribution in [0.1, 0.15) is 40.8 Å². The summed E-state index contributed by atoms with van der Waals surface area (Å²) in [5.41, 5.74) is 0.213. The van der Waals surface area contributed by atoms with Crippen LogP contribution in [-0.4, -0.2) is 38.5 Å². The van der Waals surface area contributed by atoms with E-state index in [2.05, 4.69) is 10.1 Å². The lowest BCUT2D eigenvalue weighted by molar-refractivity contribution is 0.0719. The van der Waals surface area contributed by atoms with E-state index in [1.54, 1.807) is 36.1 Å². The van der Waals surface area contributed by atoms with Gasteiger partial charge in [-0.2, -0.15) is 0 Å². The third-order valence-corrected chi connectivity index (χ3v) is 5.00. The molecule has 1 fully saturated rings. The van der Waals surface area contributed by atoms with Crippen LogP contribution in [-0.2, 0) is 6.54 Å². The van der Waals surface area contributed by atoms with Crippen LogP contribution in [0.2, 0.25) is 0 Å². The van der Waals surface area contributed by atoms with Crippen LogP contribution in [0.3, 0.4) is 0 Å². The van der Waals surface area contributed by atoms with Gasteiger partial charge >= 0.3 is 0 Å². The topological polar surface area (TPSA) is 81.2 Å². The molecule has 3 heterocycles. The van der Waals surface area contributed by atoms with Crippen LogP contribution >= 0.6 is 0 Å². The Morgan fingerprint density at radius 3 is 2.86 bits per heavy atom. The average molecular weight is 388 g/mol. The number of benzene rings is 1. The molecule has 28 heavy (non-hydrogen) atoms. The number of aryl methyl sites for hydroxylation is 1. The number of para-hydroxylation sites is 1. The fraction of sp³-hybridized carbons (Fsp3) is 0.368. The van der Waals surface area contributed by atoms with Crippen LogP contribution in [0, 0.1) is 6.92 Å². The molecule has 3 aromatic rings. The third-order valence-electron chi connectivity index (χ3n) is 5.00. The summed E-state index contributed by atoms with van der Waals surface area (Å²) in [6.45, 7) is 1.30. The third kappa shape index (κ3) is 3.06. The van der Waals surface area contributed by atoms with E-state index in [9.17, 15) is 18.4 Å². The van der Waals surface area contributed by atoms with Gasteiger partial charge < -0.3 is 9.42 Å². The van der Waals surface area contributed by atoms with Crippen molar-refractivity contribution in [3.05, 3.63) is 58.0 Å². The van der Waals surface area contributed by atoms with E-state index in [1.165, 1.54) is 6.20 Å². The Kier molecular flexibility index (Phi) is 4.66. The summed E-state index contributed by atoms with van der Waals surface area (Å²) < 4.78 is 32.4. The lowest BCUT2D eigenvalue weighted by Crippen LogP contribution is -2.36. The molecule has 1 unspecified atom stereocenters. The molecule has 146 valence electrons. The molecule has 4 rings (SSSR count). The zero-order chi connectivity index (χ0) is 19.8. The standard InChI is InChI=1S/C19H18F2N4O3/c1-11-13(9-22-28-11)19(27)24-8-4-7-15(24)17-23-14-6-3-2-5-12(14)18(26)25(17)10-16(20)21/h2-3,5-6,9,15-16H,4,7-8,10H2,1H3. The SMILES string of the molecule is Cc1oncc1C(=O)N1CCCC1c1nc2ccccc2c(=O)n1CC(F)F. The molecule has 9 heteroatoms. The zero-order valence-electron chi connectivity index (χ0n) is 15.1. The summed E-state index contributed by atoms with van der Waals surface area (Å²) in [5.74, 6) is 0.253. The highest BCUT2D eigenvalue weighted by molar-refractivity contribution is 5.95. The quantitative estimate of drug-likeness (QED) is 0.686. The largest absolute Gasteiger partial charge is 0.361 e. The molecule has 0 saturated carbocycles. The van der Waals surface area contributed by atoms with Crippen molar-refractivity contribution in [2.75, 3.05) is 6.54 Å². The fourth-order valence-corrected chi connectivity index (χ4v) is 3.69. The average Bonchev–Trinajstić information content (AvgIpc) is 3.32. The molecule has 0 aliphatic carbocycles. The highest BCUT2D eigenvalue weighted by Gasteiger charge is 2.35. The molecule has 1 amide bonds. The van der Waals surface area contributed by atoms with Gasteiger partial charge in [0.1, 0.15) is 17.1 Å². The zero-order valence-corrected chi connectivity index (χ0v) is 15.1. The van der Waals surface area contributed by atoms with Gasteiger partial charge in [0, 0.05) is 6.54 Å². The van der Waals surface area contributed by atoms with Crippen molar-refractivity contribution in [2.24, 2.45) is 0 Å². The van der Waals surface area contributed by atoms with Crippen LogP contribution in [0.4, 0.5) is 8.78 Å². The number of likely N-dealkylation sites (tertiary alicyclic amines) is 1. The van der Waals surface area contributed by atoms with Gasteiger partial charge in [-0.1, -0.05) is 17.3 Å². The fourth-order valence-electron chi connectivity index (χ4n) is 3.69. The van der Waals surface area contributed by atoms with Gasteiger partial charge in [-0.05, 0) is 31.9 Å². The second kappa shape index (κ2) is 7.14. The Balaban J connectivity index is 1.83. The maximum atomic E-state index is 13.2. The second-order valence-electron chi connectivity index (χ2n) is 6.75. The van der Waals surface area contributed by atoms with Gasteiger partial charge in [0.05, 0.1) is 29.7 Å². The monoisotopic (exact) mass is 388 g/mol. The normalized spacial score (nSPS) is 17.0. The lowest BCUT2D eigenvalue weighted by atomic mass is 10.1. The van der Waals surface area contributed by atoms with Gasteiger partial charge in [0.25, 0.3) is 17.9 Å². The summed E-state index contributed by atoms with van der Waals surface area (Å²) >= 11 is 0. The van der Waals surface area contributed by atoms with Crippen LogP contribution < -0.4 is 5.56 Å². The Hall–Kier alpha value is -3.10. The number of carbonyl (C=O) groups is 1. The van der Waals surface area contributed by atoms with Crippen molar-refractivity contribution in [1.82, 2.24) is 19.6 Å². The minimum atomic E-state index is -2.72. The number of carbonyl (C=O) groups excluding carboxylic acids is 1. The van der Waals surface area contributed by atoms with E-state index >= 15 is 0 Å². The molecule has 1 aromatic carbocycles. The molecule has 1 atom stereocenters. The van der Waals surface area contributed by atoms with Crippen LogP contribution in [0.15, 0.2) is 39.8 Å². The summed E-state index contributed by atoms with van der Waals surface area (Å²) in [7, 11) is 0. The maximum Gasteiger partial charge on any atom is 0.261 e. The number of hydrogen-bond acceptors (Lipinski definition) is 5. The number of fused-ring (bicyclic) bond motifs is 1. The van der Waals surface area contributed by atoms with E-state index in [0.717, 1.165) is 4.57 Å². The first-order chi connectivity index (χ1) is 13.5. The molecule has 1 aliphatic rings. The Morgan fingerprint density at radius 2 is 2.14 bits per heavy atom. The number of aromatic nitrogens is 3. The van der Waals surface area contributed by atoms with E-state index in [0.29, 0.717) is 36.2 Å². The van der Waals surface area contributed by atoms with E-state index in [-0.39, 0.29) is 17.1 Å². The Bertz CT molecular complexity index is 1090. The first-order valence-electron chi connectivity index (χ1n) is 8.97. The summed E-state index contributed by atoms with van der Waals surface area (Å²) in [5, 5.41) is 3.91. The van der Waals surface area contributed by atoms with Gasteiger partial charge in [0.2, 0.25) is 0 Å². The lowest BCUT2D eigenvalue weighted by Gasteiger charge is -2.26. The predicted molar refractivity (Wildman–Crippen MR) is 96.3 cm³/mol. The molecular formula is C19H18F2N4O3. The molecular weight excluding hydrogens is 370 g/mol. The van der Waals surface area contributed by atoms with E-state index in [4.69, 9.17) is 4.52 Å². The molecule has 2 aromatic heterocycles. The van der Waals surface area contributed by atoms with Crippen molar-refractivity contribution >= 4 is 16.8 Å². The number of nitrogens with zero attached hydrogens (tertiary/aromatic N) is 4. The molecule has 0 N–H and O–H groups in total. The van der Waals surface area contributed by atoms with Gasteiger partial charge in [-0.15, -0.1) is 0 Å². The number of hydrogen-bond donors (Lipinski definition) is 0. The minimum absolute atomic E-state index is 0.184. The summed E-state index contributed by atoms with van der Waals surface area (Å²) in [6, 6.07) is 6.05. The number of alkyl halides is 2. The van der Waals surface area contributed by atoms with E-state index in [1.807, 2.05) is 0 Å².